The molecule has 0 heterocycles. The first kappa shape index (κ1) is 16.7. The van der Waals surface area contributed by atoms with Crippen LogP contribution in [-0.2, 0) is 25.5 Å². The lowest BCUT2D eigenvalue weighted by molar-refractivity contribution is 0.0600. The molecule has 0 bridgehead atoms. The molecule has 3 rings (SSSR count). The number of carbonyl (C=O) groups excluding carboxylic acids is 1. The highest BCUT2D eigenvalue weighted by Gasteiger charge is 2.29. The SMILES string of the molecule is COC(=O)c1ccc2c(c1)CCC2OS(=O)(=O)c1ccc(C)cc1. The molecule has 1 aliphatic rings. The molecule has 5 nitrogen and oxygen atoms in total. The van der Waals surface area contributed by atoms with E-state index in [0.717, 1.165) is 16.7 Å². The monoisotopic (exact) mass is 346 g/mol. The standard InChI is InChI=1S/C18H18O5S/c1-12-3-7-15(8-4-12)24(20,21)23-17-10-6-13-11-14(18(19)22-2)5-9-16(13)17/h3-5,7-9,11,17H,6,10H2,1-2H3. The number of aryl methyl sites for hydroxylation is 2. The average Bonchev–Trinajstić information content (AvgIpc) is 2.96. The second-order valence-electron chi connectivity index (χ2n) is 5.80. The summed E-state index contributed by atoms with van der Waals surface area (Å²) in [5.74, 6) is -0.408. The van der Waals surface area contributed by atoms with Crippen molar-refractivity contribution in [3.63, 3.8) is 0 Å². The van der Waals surface area contributed by atoms with Crippen molar-refractivity contribution in [3.8, 4) is 0 Å². The topological polar surface area (TPSA) is 69.7 Å². The highest BCUT2D eigenvalue weighted by atomic mass is 32.2. The van der Waals surface area contributed by atoms with Crippen molar-refractivity contribution in [1.29, 1.82) is 0 Å². The van der Waals surface area contributed by atoms with Crippen LogP contribution in [0.3, 0.4) is 0 Å². The van der Waals surface area contributed by atoms with E-state index in [9.17, 15) is 13.2 Å². The summed E-state index contributed by atoms with van der Waals surface area (Å²) in [7, 11) is -2.50. The van der Waals surface area contributed by atoms with Crippen LogP contribution in [0, 0.1) is 6.92 Å². The van der Waals surface area contributed by atoms with E-state index in [4.69, 9.17) is 8.92 Å². The molecule has 126 valence electrons. The summed E-state index contributed by atoms with van der Waals surface area (Å²) >= 11 is 0. The van der Waals surface area contributed by atoms with E-state index in [-0.39, 0.29) is 4.90 Å². The highest BCUT2D eigenvalue weighted by Crippen LogP contribution is 2.36. The van der Waals surface area contributed by atoms with Gasteiger partial charge < -0.3 is 4.74 Å². The Bertz CT molecular complexity index is 869. The third kappa shape index (κ3) is 3.20. The number of hydrogen-bond donors (Lipinski definition) is 0. The van der Waals surface area contributed by atoms with Gasteiger partial charge in [-0.3, -0.25) is 4.18 Å². The normalized spacial score (nSPS) is 16.7. The lowest BCUT2D eigenvalue weighted by Gasteiger charge is -2.13. The van der Waals surface area contributed by atoms with Crippen LogP contribution in [0.2, 0.25) is 0 Å². The number of hydrogen-bond acceptors (Lipinski definition) is 5. The quantitative estimate of drug-likeness (QED) is 0.628. The first-order valence-electron chi connectivity index (χ1n) is 7.62. The number of fused-ring (bicyclic) bond motifs is 1. The van der Waals surface area contributed by atoms with Crippen molar-refractivity contribution in [2.24, 2.45) is 0 Å². The average molecular weight is 346 g/mol. The fourth-order valence-electron chi connectivity index (χ4n) is 2.84. The van der Waals surface area contributed by atoms with Crippen LogP contribution in [0.25, 0.3) is 0 Å². The Morgan fingerprint density at radius 2 is 1.83 bits per heavy atom. The van der Waals surface area contributed by atoms with E-state index in [0.29, 0.717) is 18.4 Å². The van der Waals surface area contributed by atoms with Crippen LogP contribution in [0.5, 0.6) is 0 Å². The van der Waals surface area contributed by atoms with Gasteiger partial charge in [0.15, 0.2) is 0 Å². The van der Waals surface area contributed by atoms with Gasteiger partial charge in [0.1, 0.15) is 6.10 Å². The lowest BCUT2D eigenvalue weighted by atomic mass is 10.1. The Labute approximate surface area is 141 Å². The largest absolute Gasteiger partial charge is 0.465 e. The number of methoxy groups -OCH3 is 1. The first-order chi connectivity index (χ1) is 11.4. The number of carbonyl (C=O) groups is 1. The second-order valence-corrected chi connectivity index (χ2v) is 7.37. The van der Waals surface area contributed by atoms with E-state index >= 15 is 0 Å². The van der Waals surface area contributed by atoms with Gasteiger partial charge in [-0.15, -0.1) is 0 Å². The number of ether oxygens (including phenoxy) is 1. The maximum atomic E-state index is 12.4. The number of rotatable bonds is 4. The molecule has 0 saturated heterocycles. The van der Waals surface area contributed by atoms with E-state index < -0.39 is 22.2 Å². The van der Waals surface area contributed by atoms with E-state index in [1.807, 2.05) is 6.92 Å². The van der Waals surface area contributed by atoms with E-state index in [2.05, 4.69) is 0 Å². The Hall–Kier alpha value is -2.18. The van der Waals surface area contributed by atoms with Gasteiger partial charge in [-0.2, -0.15) is 8.42 Å². The molecule has 0 spiro atoms. The zero-order chi connectivity index (χ0) is 17.3. The third-order valence-corrected chi connectivity index (χ3v) is 5.47. The lowest BCUT2D eigenvalue weighted by Crippen LogP contribution is -2.11. The maximum absolute atomic E-state index is 12.4. The minimum absolute atomic E-state index is 0.146. The fourth-order valence-corrected chi connectivity index (χ4v) is 3.92. The molecular weight excluding hydrogens is 328 g/mol. The van der Waals surface area contributed by atoms with Gasteiger partial charge in [-0.1, -0.05) is 23.8 Å². The first-order valence-corrected chi connectivity index (χ1v) is 9.02. The molecule has 2 aromatic carbocycles. The molecule has 0 fully saturated rings. The Morgan fingerprint density at radius 1 is 1.12 bits per heavy atom. The van der Waals surface area contributed by atoms with Gasteiger partial charge in [-0.05, 0) is 55.2 Å². The smallest absolute Gasteiger partial charge is 0.337 e. The van der Waals surface area contributed by atoms with Crippen molar-refractivity contribution in [2.45, 2.75) is 30.8 Å². The molecule has 0 aromatic heterocycles. The third-order valence-electron chi connectivity index (χ3n) is 4.14. The van der Waals surface area contributed by atoms with Gasteiger partial charge >= 0.3 is 5.97 Å². The molecule has 6 heteroatoms. The summed E-state index contributed by atoms with van der Waals surface area (Å²) in [5.41, 5.74) is 3.16. The van der Waals surface area contributed by atoms with Gasteiger partial charge in [0, 0.05) is 0 Å². The molecule has 1 atom stereocenters. The Balaban J connectivity index is 1.84. The molecule has 0 N–H and O–H groups in total. The molecule has 2 aromatic rings. The predicted molar refractivity (Wildman–Crippen MR) is 88.3 cm³/mol. The Kier molecular flexibility index (Phi) is 4.43. The second kappa shape index (κ2) is 6.37. The minimum atomic E-state index is -3.83. The van der Waals surface area contributed by atoms with Crippen LogP contribution >= 0.6 is 0 Å². The summed E-state index contributed by atoms with van der Waals surface area (Å²) in [6.45, 7) is 1.89. The summed E-state index contributed by atoms with van der Waals surface area (Å²) in [6, 6.07) is 11.7. The van der Waals surface area contributed by atoms with Gasteiger partial charge in [0.2, 0.25) is 0 Å². The zero-order valence-electron chi connectivity index (χ0n) is 13.5. The zero-order valence-corrected chi connectivity index (χ0v) is 14.3. The molecule has 0 amide bonds. The Morgan fingerprint density at radius 3 is 2.50 bits per heavy atom. The fraction of sp³-hybridized carbons (Fsp3) is 0.278. The summed E-state index contributed by atoms with van der Waals surface area (Å²) in [5, 5.41) is 0. The van der Waals surface area contributed by atoms with Gasteiger partial charge in [0.05, 0.1) is 17.6 Å². The number of esters is 1. The van der Waals surface area contributed by atoms with E-state index in [1.54, 1.807) is 42.5 Å². The van der Waals surface area contributed by atoms with Crippen molar-refractivity contribution in [1.82, 2.24) is 0 Å². The summed E-state index contributed by atoms with van der Waals surface area (Å²) < 4.78 is 35.0. The van der Waals surface area contributed by atoms with Crippen LogP contribution in [0.15, 0.2) is 47.4 Å². The molecule has 0 aliphatic heterocycles. The summed E-state index contributed by atoms with van der Waals surface area (Å²) in [4.78, 5) is 11.7. The van der Waals surface area contributed by atoms with Crippen molar-refractivity contribution in [3.05, 3.63) is 64.7 Å². The maximum Gasteiger partial charge on any atom is 0.337 e. The minimum Gasteiger partial charge on any atom is -0.465 e. The summed E-state index contributed by atoms with van der Waals surface area (Å²) in [6.07, 6.45) is 0.692. The predicted octanol–water partition coefficient (Wildman–Crippen LogP) is 3.17. The number of benzene rings is 2. The van der Waals surface area contributed by atoms with Crippen LogP contribution in [-0.4, -0.2) is 21.5 Å². The van der Waals surface area contributed by atoms with Gasteiger partial charge in [-0.25, -0.2) is 4.79 Å². The van der Waals surface area contributed by atoms with Crippen LogP contribution < -0.4 is 0 Å². The molecular formula is C18H18O5S. The highest BCUT2D eigenvalue weighted by molar-refractivity contribution is 7.86. The van der Waals surface area contributed by atoms with E-state index in [1.165, 1.54) is 7.11 Å². The van der Waals surface area contributed by atoms with Crippen LogP contribution in [0.4, 0.5) is 0 Å². The molecule has 0 radical (unpaired) electrons. The molecule has 24 heavy (non-hydrogen) atoms. The van der Waals surface area contributed by atoms with Crippen molar-refractivity contribution >= 4 is 16.1 Å². The van der Waals surface area contributed by atoms with Crippen molar-refractivity contribution in [2.75, 3.05) is 7.11 Å². The molecule has 0 saturated carbocycles. The molecule has 1 unspecified atom stereocenters. The van der Waals surface area contributed by atoms with Gasteiger partial charge in [0.25, 0.3) is 10.1 Å². The molecule has 1 aliphatic carbocycles. The van der Waals surface area contributed by atoms with Crippen molar-refractivity contribution < 1.29 is 22.1 Å². The van der Waals surface area contributed by atoms with Crippen LogP contribution in [0.1, 0.15) is 39.6 Å².